The van der Waals surface area contributed by atoms with E-state index in [1.54, 1.807) is 37.3 Å². The van der Waals surface area contributed by atoms with Crippen LogP contribution in [0.15, 0.2) is 47.3 Å². The van der Waals surface area contributed by atoms with Crippen LogP contribution in [0.1, 0.15) is 23.5 Å². The molecule has 2 heterocycles. The Morgan fingerprint density at radius 1 is 1.19 bits per heavy atom. The van der Waals surface area contributed by atoms with Crippen LogP contribution in [0.4, 0.5) is 27.5 Å². The first-order valence-electron chi connectivity index (χ1n) is 9.77. The number of nitrogens with zero attached hydrogens (tertiary/aromatic N) is 1. The van der Waals surface area contributed by atoms with Crippen LogP contribution < -0.4 is 26.2 Å². The molecule has 0 unspecified atom stereocenters. The fourth-order valence-corrected chi connectivity index (χ4v) is 3.47. The monoisotopic (exact) mass is 437 g/mol. The summed E-state index contributed by atoms with van der Waals surface area (Å²) in [5.74, 6) is -2.35. The number of carbonyl (C=O) groups excluding carboxylic acids is 2. The van der Waals surface area contributed by atoms with Gasteiger partial charge in [-0.3, -0.25) is 19.4 Å². The second kappa shape index (κ2) is 8.50. The third kappa shape index (κ3) is 4.15. The molecule has 9 nitrogen and oxygen atoms in total. The van der Waals surface area contributed by atoms with Crippen molar-refractivity contribution in [2.24, 2.45) is 0 Å². The van der Waals surface area contributed by atoms with E-state index in [2.05, 4.69) is 25.9 Å². The second-order valence-corrected chi connectivity index (χ2v) is 7.28. The van der Waals surface area contributed by atoms with Crippen LogP contribution in [-0.4, -0.2) is 28.9 Å². The predicted molar refractivity (Wildman–Crippen MR) is 117 cm³/mol. The molecule has 164 valence electrons. The number of halogens is 1. The lowest BCUT2D eigenvalue weighted by Crippen LogP contribution is -2.36. The zero-order valence-electron chi connectivity index (χ0n) is 17.3. The van der Waals surface area contributed by atoms with Gasteiger partial charge in [0.2, 0.25) is 17.8 Å². The molecule has 0 radical (unpaired) electrons. The third-order valence-corrected chi connectivity index (χ3v) is 5.01. The third-order valence-electron chi connectivity index (χ3n) is 5.01. The van der Waals surface area contributed by atoms with E-state index in [-0.39, 0.29) is 29.4 Å². The van der Waals surface area contributed by atoms with Gasteiger partial charge in [0.25, 0.3) is 5.56 Å². The van der Waals surface area contributed by atoms with E-state index < -0.39 is 29.1 Å². The van der Waals surface area contributed by atoms with Gasteiger partial charge in [0, 0.05) is 6.42 Å². The van der Waals surface area contributed by atoms with Crippen LogP contribution in [0.25, 0.3) is 0 Å². The molecule has 0 spiro atoms. The van der Waals surface area contributed by atoms with Gasteiger partial charge in [-0.2, -0.15) is 4.98 Å². The molecule has 0 fully saturated rings. The minimum Gasteiger partial charge on any atom is -0.495 e. The van der Waals surface area contributed by atoms with Crippen LogP contribution in [0.2, 0.25) is 0 Å². The van der Waals surface area contributed by atoms with Crippen LogP contribution in [0.5, 0.6) is 5.75 Å². The Balaban J connectivity index is 1.65. The number of carbonyl (C=O) groups is 2. The summed E-state index contributed by atoms with van der Waals surface area (Å²) in [4.78, 5) is 44.8. The van der Waals surface area contributed by atoms with E-state index in [1.807, 2.05) is 0 Å². The van der Waals surface area contributed by atoms with Gasteiger partial charge in [0.05, 0.1) is 30.0 Å². The summed E-state index contributed by atoms with van der Waals surface area (Å²) < 4.78 is 19.4. The molecule has 3 aromatic rings. The second-order valence-electron chi connectivity index (χ2n) is 7.28. The van der Waals surface area contributed by atoms with Gasteiger partial charge in [0.15, 0.2) is 0 Å². The average molecular weight is 437 g/mol. The topological polar surface area (TPSA) is 125 Å². The van der Waals surface area contributed by atoms with Crippen molar-refractivity contribution in [3.05, 3.63) is 69.8 Å². The largest absolute Gasteiger partial charge is 0.495 e. The number of benzene rings is 2. The first-order valence-corrected chi connectivity index (χ1v) is 9.77. The zero-order valence-corrected chi connectivity index (χ0v) is 17.3. The molecule has 10 heteroatoms. The molecule has 2 aromatic carbocycles. The number of aromatic nitrogens is 2. The summed E-state index contributed by atoms with van der Waals surface area (Å²) in [6, 6.07) is 11.4. The molecular weight excluding hydrogens is 417 g/mol. The fraction of sp³-hybridized carbons (Fsp3) is 0.182. The van der Waals surface area contributed by atoms with Crippen LogP contribution in [0, 0.1) is 12.7 Å². The lowest BCUT2D eigenvalue weighted by atomic mass is 9.92. The highest BCUT2D eigenvalue weighted by Gasteiger charge is 2.35. The maximum Gasteiger partial charge on any atom is 0.258 e. The Hall–Kier alpha value is -4.21. The quantitative estimate of drug-likeness (QED) is 0.486. The lowest BCUT2D eigenvalue weighted by Gasteiger charge is -2.24. The SMILES string of the molecule is COc1ccccc1Nc1nc2c(c(=O)[nH]1)[C@H](C(=O)Nc1ccc(C)cc1F)CC(=O)N2. The van der Waals surface area contributed by atoms with Gasteiger partial charge in [-0.25, -0.2) is 4.39 Å². The number of aromatic amines is 1. The van der Waals surface area contributed by atoms with Crippen molar-refractivity contribution in [2.75, 3.05) is 23.1 Å². The van der Waals surface area contributed by atoms with Gasteiger partial charge in [0.1, 0.15) is 17.4 Å². The lowest BCUT2D eigenvalue weighted by molar-refractivity contribution is -0.123. The number of aryl methyl sites for hydroxylation is 1. The molecule has 2 amide bonds. The summed E-state index contributed by atoms with van der Waals surface area (Å²) in [6.07, 6.45) is -0.268. The van der Waals surface area contributed by atoms with E-state index in [4.69, 9.17) is 4.74 Å². The van der Waals surface area contributed by atoms with E-state index >= 15 is 0 Å². The predicted octanol–water partition coefficient (Wildman–Crippen LogP) is 3.03. The molecular formula is C22H20FN5O4. The van der Waals surface area contributed by atoms with Crippen molar-refractivity contribution in [2.45, 2.75) is 19.3 Å². The number of rotatable bonds is 5. The number of H-pyrrole nitrogens is 1. The molecule has 0 saturated carbocycles. The van der Waals surface area contributed by atoms with Gasteiger partial charge in [-0.1, -0.05) is 18.2 Å². The smallest absolute Gasteiger partial charge is 0.258 e. The van der Waals surface area contributed by atoms with Crippen molar-refractivity contribution in [3.8, 4) is 5.75 Å². The average Bonchev–Trinajstić information content (AvgIpc) is 2.75. The van der Waals surface area contributed by atoms with E-state index in [1.165, 1.54) is 19.2 Å². The first-order chi connectivity index (χ1) is 15.4. The standard InChI is InChI=1S/C22H20FN5O4/c1-11-7-8-14(13(23)9-11)24-20(30)12-10-17(29)26-19-18(12)21(31)28-22(27-19)25-15-5-3-4-6-16(15)32-2/h3-9,12H,10H2,1-2H3,(H,24,30)(H3,25,26,27,28,29,31)/t12-/m1/s1. The number of anilines is 4. The molecule has 4 rings (SSSR count). The number of fused-ring (bicyclic) bond motifs is 1. The van der Waals surface area contributed by atoms with Crippen molar-refractivity contribution < 1.29 is 18.7 Å². The zero-order chi connectivity index (χ0) is 22.8. The van der Waals surface area contributed by atoms with Gasteiger partial charge < -0.3 is 20.7 Å². The van der Waals surface area contributed by atoms with Crippen LogP contribution in [0.3, 0.4) is 0 Å². The first kappa shape index (κ1) is 21.0. The Bertz CT molecular complexity index is 1270. The molecule has 1 aliphatic rings. The number of hydrogen-bond donors (Lipinski definition) is 4. The van der Waals surface area contributed by atoms with E-state index in [9.17, 15) is 18.8 Å². The number of methoxy groups -OCH3 is 1. The van der Waals surface area contributed by atoms with Gasteiger partial charge >= 0.3 is 0 Å². The van der Waals surface area contributed by atoms with Crippen molar-refractivity contribution in [3.63, 3.8) is 0 Å². The highest BCUT2D eigenvalue weighted by atomic mass is 19.1. The highest BCUT2D eigenvalue weighted by molar-refractivity contribution is 6.04. The molecule has 32 heavy (non-hydrogen) atoms. The Labute approximate surface area is 182 Å². The molecule has 4 N–H and O–H groups in total. The van der Waals surface area contributed by atoms with E-state index in [0.29, 0.717) is 17.0 Å². The van der Waals surface area contributed by atoms with Crippen molar-refractivity contribution >= 4 is 35.0 Å². The molecule has 1 aromatic heterocycles. The van der Waals surface area contributed by atoms with Gasteiger partial charge in [-0.05, 0) is 36.8 Å². The summed E-state index contributed by atoms with van der Waals surface area (Å²) in [5.41, 5.74) is 0.604. The number of hydrogen-bond acceptors (Lipinski definition) is 6. The molecule has 0 saturated heterocycles. The normalized spacial score (nSPS) is 14.8. The number of ether oxygens (including phenoxy) is 1. The van der Waals surface area contributed by atoms with Crippen LogP contribution >= 0.6 is 0 Å². The molecule has 0 aliphatic carbocycles. The van der Waals surface area contributed by atoms with E-state index in [0.717, 1.165) is 0 Å². The summed E-state index contributed by atoms with van der Waals surface area (Å²) in [6.45, 7) is 1.72. The Morgan fingerprint density at radius 3 is 2.72 bits per heavy atom. The Kier molecular flexibility index (Phi) is 5.59. The van der Waals surface area contributed by atoms with Crippen molar-refractivity contribution in [1.29, 1.82) is 0 Å². The number of nitrogens with one attached hydrogen (secondary N) is 4. The summed E-state index contributed by atoms with van der Waals surface area (Å²) in [5, 5.41) is 7.92. The molecule has 1 atom stereocenters. The minimum atomic E-state index is -1.13. The minimum absolute atomic E-state index is 0.000182. The van der Waals surface area contributed by atoms with Crippen LogP contribution in [-0.2, 0) is 9.59 Å². The van der Waals surface area contributed by atoms with Crippen molar-refractivity contribution in [1.82, 2.24) is 9.97 Å². The fourth-order valence-electron chi connectivity index (χ4n) is 3.47. The maximum atomic E-state index is 14.2. The molecule has 0 bridgehead atoms. The summed E-state index contributed by atoms with van der Waals surface area (Å²) >= 11 is 0. The number of amides is 2. The molecule has 1 aliphatic heterocycles. The number of para-hydroxylation sites is 2. The Morgan fingerprint density at radius 2 is 1.97 bits per heavy atom. The van der Waals surface area contributed by atoms with Gasteiger partial charge in [-0.15, -0.1) is 0 Å². The maximum absolute atomic E-state index is 14.2. The highest BCUT2D eigenvalue weighted by Crippen LogP contribution is 2.31. The summed E-state index contributed by atoms with van der Waals surface area (Å²) in [7, 11) is 1.50.